The van der Waals surface area contributed by atoms with Gasteiger partial charge in [0.1, 0.15) is 10.6 Å². The first-order valence-corrected chi connectivity index (χ1v) is 10.5. The molecule has 1 heterocycles. The normalized spacial score (nSPS) is 16.8. The predicted molar refractivity (Wildman–Crippen MR) is 110 cm³/mol. The van der Waals surface area contributed by atoms with E-state index in [9.17, 15) is 9.59 Å². The Bertz CT molecular complexity index is 828. The molecule has 6 heteroatoms. The largest absolute Gasteiger partial charge is 0.497 e. The Kier molecular flexibility index (Phi) is 6.73. The molecule has 1 N–H and O–H groups in total. The molecule has 3 rings (SSSR count). The molecule has 28 heavy (non-hydrogen) atoms. The first-order chi connectivity index (χ1) is 13.5. The molecule has 1 amide bonds. The number of fused-ring (bicyclic) bond motifs is 1. The van der Waals surface area contributed by atoms with Gasteiger partial charge in [-0.25, -0.2) is 4.79 Å². The average molecular weight is 402 g/mol. The van der Waals surface area contributed by atoms with Crippen molar-refractivity contribution in [2.24, 2.45) is 5.92 Å². The van der Waals surface area contributed by atoms with Crippen LogP contribution in [0, 0.1) is 5.92 Å². The van der Waals surface area contributed by atoms with Gasteiger partial charge in [-0.3, -0.25) is 4.79 Å². The minimum absolute atomic E-state index is 0.309. The molecule has 0 saturated heterocycles. The summed E-state index contributed by atoms with van der Waals surface area (Å²) in [6, 6.07) is 9.40. The van der Waals surface area contributed by atoms with Gasteiger partial charge in [-0.2, -0.15) is 0 Å². The van der Waals surface area contributed by atoms with E-state index in [0.29, 0.717) is 17.3 Å². The molecule has 0 bridgehead atoms. The Morgan fingerprint density at radius 1 is 1.29 bits per heavy atom. The molecule has 1 aromatic heterocycles. The Labute approximate surface area is 170 Å². The lowest BCUT2D eigenvalue weighted by molar-refractivity contribution is -0.129. The van der Waals surface area contributed by atoms with Crippen LogP contribution >= 0.6 is 11.3 Å². The smallest absolute Gasteiger partial charge is 0.349 e. The van der Waals surface area contributed by atoms with Crippen molar-refractivity contribution in [3.05, 3.63) is 51.2 Å². The second-order valence-corrected chi connectivity index (χ2v) is 8.33. The summed E-state index contributed by atoms with van der Waals surface area (Å²) in [4.78, 5) is 26.6. The number of amides is 1. The highest BCUT2D eigenvalue weighted by Crippen LogP contribution is 2.33. The lowest BCUT2D eigenvalue weighted by Crippen LogP contribution is -2.35. The van der Waals surface area contributed by atoms with Crippen LogP contribution in [0.15, 0.2) is 30.3 Å². The molecule has 1 aromatic carbocycles. The van der Waals surface area contributed by atoms with E-state index in [4.69, 9.17) is 9.47 Å². The van der Waals surface area contributed by atoms with Crippen LogP contribution < -0.4 is 10.1 Å². The lowest BCUT2D eigenvalue weighted by Gasteiger charge is -2.19. The van der Waals surface area contributed by atoms with Gasteiger partial charge in [0.05, 0.1) is 7.11 Å². The Morgan fingerprint density at radius 2 is 2.04 bits per heavy atom. The van der Waals surface area contributed by atoms with E-state index < -0.39 is 12.1 Å². The van der Waals surface area contributed by atoms with Gasteiger partial charge in [0.2, 0.25) is 0 Å². The zero-order chi connectivity index (χ0) is 20.1. The van der Waals surface area contributed by atoms with Crippen LogP contribution in [0.5, 0.6) is 5.75 Å². The van der Waals surface area contributed by atoms with Crippen molar-refractivity contribution >= 4 is 23.2 Å². The second kappa shape index (κ2) is 9.24. The maximum Gasteiger partial charge on any atom is 0.349 e. The van der Waals surface area contributed by atoms with Crippen LogP contribution in [0.2, 0.25) is 0 Å². The van der Waals surface area contributed by atoms with Crippen molar-refractivity contribution < 1.29 is 19.1 Å². The van der Waals surface area contributed by atoms with E-state index in [-0.39, 0.29) is 5.91 Å². The first kappa shape index (κ1) is 20.4. The summed E-state index contributed by atoms with van der Waals surface area (Å²) >= 11 is 1.51. The number of hydrogen-bond donors (Lipinski definition) is 1. The Morgan fingerprint density at radius 3 is 2.71 bits per heavy atom. The minimum atomic E-state index is -0.840. The summed E-state index contributed by atoms with van der Waals surface area (Å²) < 4.78 is 10.5. The number of esters is 1. The number of nitrogens with one attached hydrogen (secondary N) is 1. The number of hydrogen-bond acceptors (Lipinski definition) is 5. The minimum Gasteiger partial charge on any atom is -0.497 e. The molecule has 2 atom stereocenters. The summed E-state index contributed by atoms with van der Waals surface area (Å²) in [6.07, 6.45) is 3.58. The fraction of sp³-hybridized carbons (Fsp3) is 0.455. The molecule has 2 aromatic rings. The molecule has 1 aliphatic rings. The average Bonchev–Trinajstić information content (AvgIpc) is 3.15. The summed E-state index contributed by atoms with van der Waals surface area (Å²) in [5.74, 6) is 0.742. The fourth-order valence-corrected chi connectivity index (χ4v) is 4.49. The standard InChI is InChI=1S/C22H27NO4S/c1-4-15-7-10-19-17(11-15)12-20(28-19)22(25)27-14(2)21(24)23-13-16-5-8-18(26-3)9-6-16/h5-6,8-9,12,14-15H,4,7,10-11,13H2,1-3H3,(H,23,24)/t14-,15-/m0/s1. The van der Waals surface area contributed by atoms with Crippen molar-refractivity contribution in [1.82, 2.24) is 5.32 Å². The first-order valence-electron chi connectivity index (χ1n) is 9.73. The molecular formula is C22H27NO4S. The topological polar surface area (TPSA) is 64.6 Å². The zero-order valence-electron chi connectivity index (χ0n) is 16.6. The molecule has 150 valence electrons. The SMILES string of the molecule is CC[C@H]1CCc2sc(C(=O)O[C@@H](C)C(=O)NCc3ccc(OC)cc3)cc2C1. The van der Waals surface area contributed by atoms with Crippen LogP contribution in [0.4, 0.5) is 0 Å². The third kappa shape index (κ3) is 4.93. The van der Waals surface area contributed by atoms with Crippen molar-refractivity contribution in [2.45, 2.75) is 52.2 Å². The third-order valence-corrected chi connectivity index (χ3v) is 6.46. The number of benzene rings is 1. The van der Waals surface area contributed by atoms with Gasteiger partial charge in [0.25, 0.3) is 5.91 Å². The van der Waals surface area contributed by atoms with Crippen molar-refractivity contribution in [1.29, 1.82) is 0 Å². The molecule has 0 saturated carbocycles. The fourth-order valence-electron chi connectivity index (χ4n) is 3.40. The highest BCUT2D eigenvalue weighted by Gasteiger charge is 2.24. The maximum absolute atomic E-state index is 12.5. The summed E-state index contributed by atoms with van der Waals surface area (Å²) in [6.45, 7) is 4.18. The van der Waals surface area contributed by atoms with E-state index in [1.165, 1.54) is 34.6 Å². The molecule has 0 radical (unpaired) electrons. The van der Waals surface area contributed by atoms with Gasteiger partial charge < -0.3 is 14.8 Å². The van der Waals surface area contributed by atoms with E-state index in [1.807, 2.05) is 30.3 Å². The zero-order valence-corrected chi connectivity index (χ0v) is 17.4. The van der Waals surface area contributed by atoms with Gasteiger partial charge in [-0.1, -0.05) is 25.5 Å². The van der Waals surface area contributed by atoms with Gasteiger partial charge in [0.15, 0.2) is 6.10 Å². The lowest BCUT2D eigenvalue weighted by atomic mass is 9.87. The molecular weight excluding hydrogens is 374 g/mol. The van der Waals surface area contributed by atoms with E-state index in [1.54, 1.807) is 14.0 Å². The number of ether oxygens (including phenoxy) is 2. The van der Waals surface area contributed by atoms with Crippen LogP contribution in [0.1, 0.15) is 52.4 Å². The van der Waals surface area contributed by atoms with Gasteiger partial charge in [-0.15, -0.1) is 11.3 Å². The molecule has 1 aliphatic carbocycles. The molecule has 0 fully saturated rings. The molecule has 0 aliphatic heterocycles. The highest BCUT2D eigenvalue weighted by atomic mass is 32.1. The summed E-state index contributed by atoms with van der Waals surface area (Å²) in [7, 11) is 1.61. The predicted octanol–water partition coefficient (Wildman–Crippen LogP) is 4.13. The van der Waals surface area contributed by atoms with Gasteiger partial charge in [0, 0.05) is 11.4 Å². The van der Waals surface area contributed by atoms with Crippen LogP contribution in [-0.2, 0) is 28.9 Å². The Balaban J connectivity index is 1.52. The van der Waals surface area contributed by atoms with E-state index >= 15 is 0 Å². The number of rotatable bonds is 7. The highest BCUT2D eigenvalue weighted by molar-refractivity contribution is 7.14. The van der Waals surface area contributed by atoms with E-state index in [0.717, 1.165) is 24.2 Å². The van der Waals surface area contributed by atoms with Crippen LogP contribution in [0.25, 0.3) is 0 Å². The number of aryl methyl sites for hydroxylation is 1. The quantitative estimate of drug-likeness (QED) is 0.709. The summed E-state index contributed by atoms with van der Waals surface area (Å²) in [5, 5.41) is 2.80. The molecule has 5 nitrogen and oxygen atoms in total. The number of thiophene rings is 1. The monoisotopic (exact) mass is 401 g/mol. The molecule has 0 unspecified atom stereocenters. The van der Waals surface area contributed by atoms with Crippen LogP contribution in [-0.4, -0.2) is 25.1 Å². The summed E-state index contributed by atoms with van der Waals surface area (Å²) in [5.41, 5.74) is 2.22. The number of carbonyl (C=O) groups excluding carboxylic acids is 2. The van der Waals surface area contributed by atoms with Gasteiger partial charge in [-0.05, 0) is 61.4 Å². The number of methoxy groups -OCH3 is 1. The third-order valence-electron chi connectivity index (χ3n) is 5.24. The van der Waals surface area contributed by atoms with Crippen molar-refractivity contribution in [2.75, 3.05) is 7.11 Å². The molecule has 0 spiro atoms. The maximum atomic E-state index is 12.5. The van der Waals surface area contributed by atoms with Crippen LogP contribution in [0.3, 0.4) is 0 Å². The van der Waals surface area contributed by atoms with E-state index in [2.05, 4.69) is 12.2 Å². The van der Waals surface area contributed by atoms with Gasteiger partial charge >= 0.3 is 5.97 Å². The second-order valence-electron chi connectivity index (χ2n) is 7.19. The van der Waals surface area contributed by atoms with Crippen molar-refractivity contribution in [3.8, 4) is 5.75 Å². The number of carbonyl (C=O) groups is 2. The van der Waals surface area contributed by atoms with Crippen molar-refractivity contribution in [3.63, 3.8) is 0 Å². The Hall–Kier alpha value is -2.34.